The van der Waals surface area contributed by atoms with E-state index >= 15 is 0 Å². The fraction of sp³-hybridized carbons (Fsp3) is 0.667. The van der Waals surface area contributed by atoms with E-state index in [9.17, 15) is 4.79 Å². The molecule has 0 saturated carbocycles. The van der Waals surface area contributed by atoms with Gasteiger partial charge in [-0.15, -0.1) is 0 Å². The van der Waals surface area contributed by atoms with Crippen LogP contribution in [0.3, 0.4) is 0 Å². The maximum atomic E-state index is 11.4. The second-order valence-corrected chi connectivity index (χ2v) is 4.43. The first-order chi connectivity index (χ1) is 7.22. The number of aromatic nitrogens is 2. The summed E-state index contributed by atoms with van der Waals surface area (Å²) in [6.07, 6.45) is -0.202. The first kappa shape index (κ1) is 10.6. The molecule has 0 amide bonds. The SMILES string of the molecule is COC(C)c1noc(C2CSCC2=O)n1. The Balaban J connectivity index is 2.16. The molecule has 2 heterocycles. The van der Waals surface area contributed by atoms with Gasteiger partial charge in [0, 0.05) is 12.9 Å². The van der Waals surface area contributed by atoms with E-state index in [1.54, 1.807) is 18.9 Å². The minimum atomic E-state index is -0.222. The first-order valence-electron chi connectivity index (χ1n) is 4.69. The predicted octanol–water partition coefficient (Wildman–Crippen LogP) is 1.18. The Kier molecular flexibility index (Phi) is 3.06. The standard InChI is InChI=1S/C9H12N2O3S/c1-5(13-2)8-10-9(14-11-8)6-3-15-4-7(6)12/h5-6H,3-4H2,1-2H3. The van der Waals surface area contributed by atoms with Gasteiger partial charge in [0.2, 0.25) is 5.89 Å². The number of carbonyl (C=O) groups is 1. The smallest absolute Gasteiger partial charge is 0.238 e. The lowest BCUT2D eigenvalue weighted by molar-refractivity contribution is -0.117. The van der Waals surface area contributed by atoms with Crippen LogP contribution in [-0.4, -0.2) is 34.5 Å². The Morgan fingerprint density at radius 2 is 2.47 bits per heavy atom. The molecule has 0 bridgehead atoms. The van der Waals surface area contributed by atoms with Crippen LogP contribution in [-0.2, 0) is 9.53 Å². The van der Waals surface area contributed by atoms with Crippen LogP contribution in [0.1, 0.15) is 30.7 Å². The Labute approximate surface area is 91.6 Å². The van der Waals surface area contributed by atoms with Crippen molar-refractivity contribution < 1.29 is 14.1 Å². The molecule has 2 unspecified atom stereocenters. The van der Waals surface area contributed by atoms with Crippen molar-refractivity contribution in [3.63, 3.8) is 0 Å². The number of hydrogen-bond donors (Lipinski definition) is 0. The molecule has 2 atom stereocenters. The zero-order valence-corrected chi connectivity index (χ0v) is 9.41. The zero-order valence-electron chi connectivity index (χ0n) is 8.60. The lowest BCUT2D eigenvalue weighted by Crippen LogP contribution is -2.09. The minimum absolute atomic E-state index is 0.167. The maximum Gasteiger partial charge on any atom is 0.238 e. The van der Waals surface area contributed by atoms with Crippen LogP contribution in [0.4, 0.5) is 0 Å². The highest BCUT2D eigenvalue weighted by Crippen LogP contribution is 2.29. The molecule has 1 aliphatic heterocycles. The van der Waals surface area contributed by atoms with Crippen LogP contribution >= 0.6 is 11.8 Å². The molecule has 82 valence electrons. The quantitative estimate of drug-likeness (QED) is 0.774. The topological polar surface area (TPSA) is 65.2 Å². The molecule has 0 aliphatic carbocycles. The van der Waals surface area contributed by atoms with E-state index < -0.39 is 0 Å². The van der Waals surface area contributed by atoms with Crippen molar-refractivity contribution in [1.82, 2.24) is 10.1 Å². The Morgan fingerprint density at radius 1 is 1.67 bits per heavy atom. The fourth-order valence-electron chi connectivity index (χ4n) is 1.34. The van der Waals surface area contributed by atoms with Crippen molar-refractivity contribution in [3.8, 4) is 0 Å². The molecule has 6 heteroatoms. The van der Waals surface area contributed by atoms with Crippen molar-refractivity contribution in [1.29, 1.82) is 0 Å². The molecule has 2 rings (SSSR count). The van der Waals surface area contributed by atoms with Gasteiger partial charge in [-0.25, -0.2) is 0 Å². The van der Waals surface area contributed by atoms with Crippen molar-refractivity contribution in [2.24, 2.45) is 0 Å². The summed E-state index contributed by atoms with van der Waals surface area (Å²) >= 11 is 1.60. The van der Waals surface area contributed by atoms with Crippen molar-refractivity contribution >= 4 is 17.5 Å². The molecule has 1 saturated heterocycles. The van der Waals surface area contributed by atoms with E-state index in [2.05, 4.69) is 10.1 Å². The van der Waals surface area contributed by atoms with Gasteiger partial charge in [-0.1, -0.05) is 5.16 Å². The number of rotatable bonds is 3. The summed E-state index contributed by atoms with van der Waals surface area (Å²) in [6, 6.07) is 0. The third-order valence-corrected chi connectivity index (χ3v) is 3.45. The van der Waals surface area contributed by atoms with Crippen LogP contribution in [0.5, 0.6) is 0 Å². The Hall–Kier alpha value is -0.880. The lowest BCUT2D eigenvalue weighted by atomic mass is 10.1. The van der Waals surface area contributed by atoms with Gasteiger partial charge in [-0.3, -0.25) is 4.79 Å². The first-order valence-corrected chi connectivity index (χ1v) is 5.84. The van der Waals surface area contributed by atoms with Crippen LogP contribution in [0.25, 0.3) is 0 Å². The number of carbonyl (C=O) groups excluding carboxylic acids is 1. The average Bonchev–Trinajstić information content (AvgIpc) is 2.84. The van der Waals surface area contributed by atoms with Gasteiger partial charge in [-0.05, 0) is 6.92 Å². The summed E-state index contributed by atoms with van der Waals surface area (Å²) in [6.45, 7) is 1.83. The number of thioether (sulfide) groups is 1. The monoisotopic (exact) mass is 228 g/mol. The molecule has 0 spiro atoms. The summed E-state index contributed by atoms with van der Waals surface area (Å²) in [4.78, 5) is 15.6. The fourth-order valence-corrected chi connectivity index (χ4v) is 2.42. The number of hydrogen-bond acceptors (Lipinski definition) is 6. The number of ether oxygens (including phenoxy) is 1. The second-order valence-electron chi connectivity index (χ2n) is 3.40. The van der Waals surface area contributed by atoms with E-state index in [-0.39, 0.29) is 17.8 Å². The normalized spacial score (nSPS) is 23.3. The number of methoxy groups -OCH3 is 1. The van der Waals surface area contributed by atoms with Gasteiger partial charge >= 0.3 is 0 Å². The van der Waals surface area contributed by atoms with Gasteiger partial charge in [0.15, 0.2) is 11.6 Å². The maximum absolute atomic E-state index is 11.4. The molecule has 0 radical (unpaired) electrons. The number of nitrogens with zero attached hydrogens (tertiary/aromatic N) is 2. The van der Waals surface area contributed by atoms with Crippen molar-refractivity contribution in [2.75, 3.05) is 18.6 Å². The largest absolute Gasteiger partial charge is 0.374 e. The van der Waals surface area contributed by atoms with Crippen LogP contribution in [0.15, 0.2) is 4.52 Å². The second kappa shape index (κ2) is 4.32. The molecule has 0 N–H and O–H groups in total. The van der Waals surface area contributed by atoms with E-state index in [4.69, 9.17) is 9.26 Å². The van der Waals surface area contributed by atoms with Gasteiger partial charge in [0.05, 0.1) is 5.75 Å². The molecule has 15 heavy (non-hydrogen) atoms. The molecular weight excluding hydrogens is 216 g/mol. The molecule has 5 nitrogen and oxygen atoms in total. The summed E-state index contributed by atoms with van der Waals surface area (Å²) in [5.41, 5.74) is 0. The molecule has 1 aromatic rings. The highest BCUT2D eigenvalue weighted by molar-refractivity contribution is 8.00. The van der Waals surface area contributed by atoms with Crippen LogP contribution in [0.2, 0.25) is 0 Å². The van der Waals surface area contributed by atoms with Gasteiger partial charge in [0.1, 0.15) is 12.0 Å². The van der Waals surface area contributed by atoms with E-state index in [1.165, 1.54) is 0 Å². The van der Waals surface area contributed by atoms with E-state index in [0.717, 1.165) is 5.75 Å². The Morgan fingerprint density at radius 3 is 3.07 bits per heavy atom. The van der Waals surface area contributed by atoms with Gasteiger partial charge < -0.3 is 9.26 Å². The highest BCUT2D eigenvalue weighted by Gasteiger charge is 2.32. The average molecular weight is 228 g/mol. The Bertz CT molecular complexity index is 366. The number of ketones is 1. The zero-order chi connectivity index (χ0) is 10.8. The molecular formula is C9H12N2O3S. The van der Waals surface area contributed by atoms with Crippen LogP contribution < -0.4 is 0 Å². The van der Waals surface area contributed by atoms with E-state index in [1.807, 2.05) is 6.92 Å². The van der Waals surface area contributed by atoms with E-state index in [0.29, 0.717) is 17.5 Å². The summed E-state index contributed by atoms with van der Waals surface area (Å²) in [5.74, 6) is 2.14. The molecule has 0 aromatic carbocycles. The minimum Gasteiger partial charge on any atom is -0.374 e. The molecule has 1 aliphatic rings. The number of Topliss-reactive ketones (excluding diaryl/α,β-unsaturated/α-hetero) is 1. The van der Waals surface area contributed by atoms with Gasteiger partial charge in [-0.2, -0.15) is 16.7 Å². The van der Waals surface area contributed by atoms with Gasteiger partial charge in [0.25, 0.3) is 0 Å². The molecule has 1 aromatic heterocycles. The summed E-state index contributed by atoms with van der Waals surface area (Å²) < 4.78 is 10.1. The third kappa shape index (κ3) is 2.05. The van der Waals surface area contributed by atoms with Crippen molar-refractivity contribution in [3.05, 3.63) is 11.7 Å². The van der Waals surface area contributed by atoms with Crippen molar-refractivity contribution in [2.45, 2.75) is 18.9 Å². The highest BCUT2D eigenvalue weighted by atomic mass is 32.2. The summed E-state index contributed by atoms with van der Waals surface area (Å²) in [5, 5.41) is 3.79. The van der Waals surface area contributed by atoms with Crippen LogP contribution in [0, 0.1) is 0 Å². The predicted molar refractivity (Wildman–Crippen MR) is 54.8 cm³/mol. The molecule has 1 fully saturated rings. The summed E-state index contributed by atoms with van der Waals surface area (Å²) in [7, 11) is 1.58. The third-order valence-electron chi connectivity index (χ3n) is 2.39. The lowest BCUT2D eigenvalue weighted by Gasteiger charge is -2.01.